The van der Waals surface area contributed by atoms with Crippen LogP contribution in [0.1, 0.15) is 11.4 Å². The zero-order chi connectivity index (χ0) is 13.4. The zero-order valence-electron chi connectivity index (χ0n) is 9.75. The highest BCUT2D eigenvalue weighted by atomic mass is 35.5. The molecule has 96 valence electrons. The summed E-state index contributed by atoms with van der Waals surface area (Å²) in [5, 5.41) is 0.664. The molecule has 0 saturated carbocycles. The molecule has 0 amide bonds. The number of halogens is 3. The minimum atomic E-state index is -0.892. The molecule has 19 heavy (non-hydrogen) atoms. The summed E-state index contributed by atoms with van der Waals surface area (Å²) in [5.41, 5.74) is 1.93. The Bertz CT molecular complexity index is 696. The highest BCUT2D eigenvalue weighted by molar-refractivity contribution is 6.30. The van der Waals surface area contributed by atoms with Gasteiger partial charge in [-0.15, -0.1) is 0 Å². The second-order valence-electron chi connectivity index (χ2n) is 4.27. The van der Waals surface area contributed by atoms with E-state index in [1.165, 1.54) is 0 Å². The molecule has 0 unspecified atom stereocenters. The molecule has 5 heteroatoms. The summed E-state index contributed by atoms with van der Waals surface area (Å²) >= 11 is 5.81. The SMILES string of the molecule is Fc1cc2nc(Cc3ccc(Cl)cc3)[nH]c2cc1F. The van der Waals surface area contributed by atoms with E-state index in [9.17, 15) is 8.78 Å². The van der Waals surface area contributed by atoms with E-state index in [-0.39, 0.29) is 0 Å². The number of fused-ring (bicyclic) bond motifs is 1. The van der Waals surface area contributed by atoms with Gasteiger partial charge >= 0.3 is 0 Å². The number of aromatic amines is 1. The predicted octanol–water partition coefficient (Wildman–Crippen LogP) is 4.09. The molecule has 1 heterocycles. The summed E-state index contributed by atoms with van der Waals surface area (Å²) in [6.45, 7) is 0. The average Bonchev–Trinajstić information content (AvgIpc) is 2.74. The number of aromatic nitrogens is 2. The standard InChI is InChI=1S/C14H9ClF2N2/c15-9-3-1-8(2-4-9)5-14-18-12-6-10(16)11(17)7-13(12)19-14/h1-4,6-7H,5H2,(H,18,19). The van der Waals surface area contributed by atoms with Crippen LogP contribution in [0.15, 0.2) is 36.4 Å². The monoisotopic (exact) mass is 278 g/mol. The van der Waals surface area contributed by atoms with E-state index in [2.05, 4.69) is 9.97 Å². The fourth-order valence-corrected chi connectivity index (χ4v) is 2.06. The Morgan fingerprint density at radius 3 is 2.47 bits per heavy atom. The van der Waals surface area contributed by atoms with Crippen LogP contribution in [-0.4, -0.2) is 9.97 Å². The highest BCUT2D eigenvalue weighted by Crippen LogP contribution is 2.18. The Morgan fingerprint density at radius 1 is 1.05 bits per heavy atom. The molecule has 0 aliphatic heterocycles. The lowest BCUT2D eigenvalue weighted by molar-refractivity contribution is 0.510. The molecule has 1 N–H and O–H groups in total. The molecule has 0 radical (unpaired) electrons. The van der Waals surface area contributed by atoms with Crippen molar-refractivity contribution in [3.05, 3.63) is 64.4 Å². The fourth-order valence-electron chi connectivity index (χ4n) is 1.94. The number of hydrogen-bond donors (Lipinski definition) is 1. The molecule has 1 aromatic heterocycles. The lowest BCUT2D eigenvalue weighted by atomic mass is 10.1. The third-order valence-corrected chi connectivity index (χ3v) is 3.11. The molecule has 0 fully saturated rings. The second kappa shape index (κ2) is 4.63. The lowest BCUT2D eigenvalue weighted by Gasteiger charge is -1.97. The van der Waals surface area contributed by atoms with Gasteiger partial charge in [0.25, 0.3) is 0 Å². The lowest BCUT2D eigenvalue weighted by Crippen LogP contribution is -1.89. The first kappa shape index (κ1) is 12.1. The topological polar surface area (TPSA) is 28.7 Å². The van der Waals surface area contributed by atoms with E-state index in [1.54, 1.807) is 12.1 Å². The highest BCUT2D eigenvalue weighted by Gasteiger charge is 2.09. The average molecular weight is 279 g/mol. The van der Waals surface area contributed by atoms with E-state index in [1.807, 2.05) is 12.1 Å². The van der Waals surface area contributed by atoms with Crippen LogP contribution in [0.3, 0.4) is 0 Å². The summed E-state index contributed by atoms with van der Waals surface area (Å²) in [7, 11) is 0. The Kier molecular flexibility index (Phi) is 2.95. The predicted molar refractivity (Wildman–Crippen MR) is 70.3 cm³/mol. The third-order valence-electron chi connectivity index (χ3n) is 2.86. The maximum atomic E-state index is 13.1. The Hall–Kier alpha value is -1.94. The molecular weight excluding hydrogens is 270 g/mol. The van der Waals surface area contributed by atoms with Crippen LogP contribution in [0, 0.1) is 11.6 Å². The van der Waals surface area contributed by atoms with Crippen molar-refractivity contribution in [2.75, 3.05) is 0 Å². The first-order valence-corrected chi connectivity index (χ1v) is 6.08. The van der Waals surface area contributed by atoms with Gasteiger partial charge in [-0.05, 0) is 17.7 Å². The van der Waals surface area contributed by atoms with E-state index < -0.39 is 11.6 Å². The minimum Gasteiger partial charge on any atom is -0.342 e. The van der Waals surface area contributed by atoms with Crippen LogP contribution in [0.25, 0.3) is 11.0 Å². The van der Waals surface area contributed by atoms with Gasteiger partial charge < -0.3 is 4.98 Å². The number of nitrogens with one attached hydrogen (secondary N) is 1. The fraction of sp³-hybridized carbons (Fsp3) is 0.0714. The van der Waals surface area contributed by atoms with Gasteiger partial charge in [0.15, 0.2) is 11.6 Å². The van der Waals surface area contributed by atoms with Gasteiger partial charge in [0.2, 0.25) is 0 Å². The quantitative estimate of drug-likeness (QED) is 0.751. The molecule has 2 aromatic carbocycles. The molecular formula is C14H9ClF2N2. The molecule has 0 aliphatic rings. The van der Waals surface area contributed by atoms with Crippen molar-refractivity contribution >= 4 is 22.6 Å². The molecule has 0 spiro atoms. The van der Waals surface area contributed by atoms with Crippen LogP contribution in [0.5, 0.6) is 0 Å². The zero-order valence-corrected chi connectivity index (χ0v) is 10.5. The number of hydrogen-bond acceptors (Lipinski definition) is 1. The van der Waals surface area contributed by atoms with Gasteiger partial charge in [-0.3, -0.25) is 0 Å². The molecule has 3 rings (SSSR count). The van der Waals surface area contributed by atoms with E-state index >= 15 is 0 Å². The maximum absolute atomic E-state index is 13.1. The molecule has 0 saturated heterocycles. The summed E-state index contributed by atoms with van der Waals surface area (Å²) in [6.07, 6.45) is 0.551. The molecule has 0 aliphatic carbocycles. The number of rotatable bonds is 2. The molecule has 3 aromatic rings. The summed E-state index contributed by atoms with van der Waals surface area (Å²) in [4.78, 5) is 7.21. The van der Waals surface area contributed by atoms with Crippen molar-refractivity contribution in [1.29, 1.82) is 0 Å². The van der Waals surface area contributed by atoms with Gasteiger partial charge in [0, 0.05) is 23.6 Å². The number of H-pyrrole nitrogens is 1. The first-order chi connectivity index (χ1) is 9.11. The van der Waals surface area contributed by atoms with Crippen LogP contribution in [-0.2, 0) is 6.42 Å². The molecule has 2 nitrogen and oxygen atoms in total. The second-order valence-corrected chi connectivity index (χ2v) is 4.71. The summed E-state index contributed by atoms with van der Waals surface area (Å²) in [5.74, 6) is -1.12. The van der Waals surface area contributed by atoms with Crippen molar-refractivity contribution in [2.24, 2.45) is 0 Å². The van der Waals surface area contributed by atoms with Crippen LogP contribution < -0.4 is 0 Å². The Balaban J connectivity index is 1.95. The number of imidazole rings is 1. The van der Waals surface area contributed by atoms with Crippen molar-refractivity contribution < 1.29 is 8.78 Å². The molecule has 0 atom stereocenters. The van der Waals surface area contributed by atoms with Crippen LogP contribution >= 0.6 is 11.6 Å². The smallest absolute Gasteiger partial charge is 0.161 e. The van der Waals surface area contributed by atoms with Crippen LogP contribution in [0.4, 0.5) is 8.78 Å². The maximum Gasteiger partial charge on any atom is 0.161 e. The first-order valence-electron chi connectivity index (χ1n) is 5.70. The van der Waals surface area contributed by atoms with Gasteiger partial charge in [0.05, 0.1) is 11.0 Å². The number of benzene rings is 2. The Labute approximate surface area is 113 Å². The van der Waals surface area contributed by atoms with Gasteiger partial charge in [-0.1, -0.05) is 23.7 Å². The third kappa shape index (κ3) is 2.44. The minimum absolute atomic E-state index is 0.419. The van der Waals surface area contributed by atoms with Crippen LogP contribution in [0.2, 0.25) is 5.02 Å². The summed E-state index contributed by atoms with van der Waals surface area (Å²) < 4.78 is 26.2. The Morgan fingerprint density at radius 2 is 1.74 bits per heavy atom. The van der Waals surface area contributed by atoms with E-state index in [0.717, 1.165) is 17.7 Å². The van der Waals surface area contributed by atoms with E-state index in [4.69, 9.17) is 11.6 Å². The van der Waals surface area contributed by atoms with E-state index in [0.29, 0.717) is 28.3 Å². The number of nitrogens with zero attached hydrogens (tertiary/aromatic N) is 1. The van der Waals surface area contributed by atoms with Gasteiger partial charge in [-0.2, -0.15) is 0 Å². The van der Waals surface area contributed by atoms with Crippen molar-refractivity contribution in [1.82, 2.24) is 9.97 Å². The molecule has 0 bridgehead atoms. The largest absolute Gasteiger partial charge is 0.342 e. The van der Waals surface area contributed by atoms with Gasteiger partial charge in [-0.25, -0.2) is 13.8 Å². The normalized spacial score (nSPS) is 11.1. The van der Waals surface area contributed by atoms with Gasteiger partial charge in [0.1, 0.15) is 5.82 Å². The summed E-state index contributed by atoms with van der Waals surface area (Å²) in [6, 6.07) is 9.56. The van der Waals surface area contributed by atoms with Crippen molar-refractivity contribution in [3.63, 3.8) is 0 Å². The van der Waals surface area contributed by atoms with Crippen molar-refractivity contribution in [2.45, 2.75) is 6.42 Å². The van der Waals surface area contributed by atoms with Crippen molar-refractivity contribution in [3.8, 4) is 0 Å².